The van der Waals surface area contributed by atoms with Gasteiger partial charge in [-0.2, -0.15) is 0 Å². The highest BCUT2D eigenvalue weighted by atomic mass is 35.5. The topological polar surface area (TPSA) is 101 Å². The third-order valence-corrected chi connectivity index (χ3v) is 6.23. The normalized spacial score (nSPS) is 14.7. The van der Waals surface area contributed by atoms with E-state index in [-0.39, 0.29) is 36.6 Å². The Kier molecular flexibility index (Phi) is 5.73. The molecular formula is C26H21ClN2O5. The van der Waals surface area contributed by atoms with E-state index in [1.54, 1.807) is 22.8 Å². The molecule has 4 aromatic rings. The van der Waals surface area contributed by atoms with Gasteiger partial charge in [0.05, 0.1) is 23.7 Å². The van der Waals surface area contributed by atoms with E-state index in [1.807, 2.05) is 48.5 Å². The van der Waals surface area contributed by atoms with Crippen molar-refractivity contribution < 1.29 is 19.7 Å². The minimum absolute atomic E-state index is 0.0710. The zero-order chi connectivity index (χ0) is 23.8. The molecule has 0 aliphatic carbocycles. The summed E-state index contributed by atoms with van der Waals surface area (Å²) in [5.74, 6) is -0.701. The first-order valence-corrected chi connectivity index (χ1v) is 11.1. The van der Waals surface area contributed by atoms with Gasteiger partial charge in [-0.3, -0.25) is 14.2 Å². The lowest BCUT2D eigenvalue weighted by Crippen LogP contribution is -2.36. The maximum Gasteiger partial charge on any atom is 0.317 e. The Morgan fingerprint density at radius 2 is 1.85 bits per heavy atom. The molecule has 1 aromatic heterocycles. The van der Waals surface area contributed by atoms with Crippen LogP contribution in [0.25, 0.3) is 22.0 Å². The Bertz CT molecular complexity index is 1460. The number of aliphatic carboxylic acids is 1. The molecule has 5 rings (SSSR count). The number of carboxylic acids is 1. The lowest BCUT2D eigenvalue weighted by Gasteiger charge is -2.30. The van der Waals surface area contributed by atoms with E-state index in [4.69, 9.17) is 21.4 Å². The van der Waals surface area contributed by atoms with Gasteiger partial charge in [0.2, 0.25) is 0 Å². The lowest BCUT2D eigenvalue weighted by atomic mass is 9.99. The summed E-state index contributed by atoms with van der Waals surface area (Å²) in [6.45, 7) is -0.151. The summed E-state index contributed by atoms with van der Waals surface area (Å²) < 4.78 is 7.61. The van der Waals surface area contributed by atoms with Crippen molar-refractivity contribution in [2.75, 3.05) is 13.2 Å². The second-order valence-corrected chi connectivity index (χ2v) is 8.55. The van der Waals surface area contributed by atoms with Gasteiger partial charge in [0, 0.05) is 17.0 Å². The predicted octanol–water partition coefficient (Wildman–Crippen LogP) is 4.18. The molecule has 34 heavy (non-hydrogen) atoms. The van der Waals surface area contributed by atoms with Gasteiger partial charge in [-0.1, -0.05) is 54.1 Å². The fraction of sp³-hybridized carbons (Fsp3) is 0.154. The Morgan fingerprint density at radius 3 is 2.59 bits per heavy atom. The first-order valence-electron chi connectivity index (χ1n) is 10.7. The highest BCUT2D eigenvalue weighted by Crippen LogP contribution is 2.38. The number of hydrogen-bond acceptors (Lipinski definition) is 5. The Balaban J connectivity index is 1.60. The van der Waals surface area contributed by atoms with Crippen LogP contribution in [-0.4, -0.2) is 33.9 Å². The number of carbonyl (C=O) groups is 1. The molecule has 3 N–H and O–H groups in total. The standard InChI is InChI=1S/C26H21ClN2O5/c27-18-4-1-3-17(11-18)15-7-9-16(10-8-15)21-14-34-22-6-2-5-19-24(22)29(21)26(33)20(25(19)32)12-28-13-23(30)31/h1-11,21,28,32H,12-14H2,(H,30,31). The number of nitrogens with zero attached hydrogens (tertiary/aromatic N) is 1. The largest absolute Gasteiger partial charge is 0.507 e. The van der Waals surface area contributed by atoms with Crippen LogP contribution in [0.15, 0.2) is 71.5 Å². The zero-order valence-electron chi connectivity index (χ0n) is 18.0. The van der Waals surface area contributed by atoms with Crippen LogP contribution in [0.1, 0.15) is 17.2 Å². The van der Waals surface area contributed by atoms with Crippen LogP contribution >= 0.6 is 11.6 Å². The molecule has 1 unspecified atom stereocenters. The van der Waals surface area contributed by atoms with E-state index < -0.39 is 12.0 Å². The smallest absolute Gasteiger partial charge is 0.317 e. The van der Waals surface area contributed by atoms with Crippen molar-refractivity contribution in [2.24, 2.45) is 0 Å². The van der Waals surface area contributed by atoms with Crippen LogP contribution in [0.5, 0.6) is 11.5 Å². The van der Waals surface area contributed by atoms with Crippen LogP contribution in [0, 0.1) is 0 Å². The van der Waals surface area contributed by atoms with Crippen molar-refractivity contribution in [3.05, 3.63) is 93.2 Å². The molecular weight excluding hydrogens is 456 g/mol. The SMILES string of the molecule is O=C(O)CNCc1c(O)c2cccc3c2n(c1=O)C(c1ccc(-c2cccc(Cl)c2)cc1)CO3. The second kappa shape index (κ2) is 8.85. The number of hydrogen-bond donors (Lipinski definition) is 3. The molecule has 1 atom stereocenters. The van der Waals surface area contributed by atoms with Crippen LogP contribution in [0.2, 0.25) is 5.02 Å². The fourth-order valence-electron chi connectivity index (χ4n) is 4.39. The number of rotatable bonds is 6. The van der Waals surface area contributed by atoms with Crippen LogP contribution < -0.4 is 15.6 Å². The van der Waals surface area contributed by atoms with Crippen molar-refractivity contribution in [1.29, 1.82) is 0 Å². The molecule has 0 bridgehead atoms. The third-order valence-electron chi connectivity index (χ3n) is 6.00. The van der Waals surface area contributed by atoms with Crippen LogP contribution in [0.3, 0.4) is 0 Å². The number of halogens is 1. The molecule has 0 fully saturated rings. The molecule has 0 spiro atoms. The Labute approximate surface area is 199 Å². The maximum atomic E-state index is 13.6. The average molecular weight is 477 g/mol. The minimum Gasteiger partial charge on any atom is -0.507 e. The van der Waals surface area contributed by atoms with Crippen molar-refractivity contribution in [3.8, 4) is 22.6 Å². The first-order chi connectivity index (χ1) is 16.4. The highest BCUT2D eigenvalue weighted by molar-refractivity contribution is 6.30. The molecule has 2 heterocycles. The van der Waals surface area contributed by atoms with Crippen LogP contribution in [-0.2, 0) is 11.3 Å². The molecule has 0 saturated heterocycles. The highest BCUT2D eigenvalue weighted by Gasteiger charge is 2.29. The second-order valence-electron chi connectivity index (χ2n) is 8.11. The van der Waals surface area contributed by atoms with Crippen molar-refractivity contribution >= 4 is 28.5 Å². The Hall–Kier alpha value is -3.81. The summed E-state index contributed by atoms with van der Waals surface area (Å²) in [5, 5.41) is 23.6. The number of aromatic hydroxyl groups is 1. The third kappa shape index (κ3) is 3.89. The number of para-hydroxylation sites is 1. The van der Waals surface area contributed by atoms with Crippen molar-refractivity contribution in [3.63, 3.8) is 0 Å². The molecule has 1 aliphatic rings. The molecule has 7 nitrogen and oxygen atoms in total. The van der Waals surface area contributed by atoms with Crippen molar-refractivity contribution in [1.82, 2.24) is 9.88 Å². The molecule has 172 valence electrons. The van der Waals surface area contributed by atoms with E-state index in [0.29, 0.717) is 21.7 Å². The Morgan fingerprint density at radius 1 is 1.09 bits per heavy atom. The summed E-state index contributed by atoms with van der Waals surface area (Å²) >= 11 is 6.13. The maximum absolute atomic E-state index is 13.6. The molecule has 0 amide bonds. The summed E-state index contributed by atoms with van der Waals surface area (Å²) in [7, 11) is 0. The van der Waals surface area contributed by atoms with Gasteiger partial charge in [-0.25, -0.2) is 0 Å². The summed E-state index contributed by atoms with van der Waals surface area (Å²) in [6, 6.07) is 20.2. The number of ether oxygens (including phenoxy) is 1. The van der Waals surface area contributed by atoms with Gasteiger partial charge in [-0.15, -0.1) is 0 Å². The minimum atomic E-state index is -1.05. The number of carboxylic acid groups (broad SMARTS) is 1. The average Bonchev–Trinajstić information content (AvgIpc) is 2.84. The molecule has 8 heteroatoms. The summed E-state index contributed by atoms with van der Waals surface area (Å²) in [5.41, 5.74) is 3.10. The quantitative estimate of drug-likeness (QED) is 0.386. The van der Waals surface area contributed by atoms with E-state index in [0.717, 1.165) is 16.7 Å². The number of aromatic nitrogens is 1. The molecule has 0 radical (unpaired) electrons. The van der Waals surface area contributed by atoms with Crippen molar-refractivity contribution in [2.45, 2.75) is 12.6 Å². The molecule has 0 saturated carbocycles. The number of benzene rings is 3. The molecule has 3 aromatic carbocycles. The monoisotopic (exact) mass is 476 g/mol. The lowest BCUT2D eigenvalue weighted by molar-refractivity contribution is -0.136. The van der Waals surface area contributed by atoms with Crippen LogP contribution in [0.4, 0.5) is 0 Å². The summed E-state index contributed by atoms with van der Waals surface area (Å²) in [4.78, 5) is 24.5. The van der Waals surface area contributed by atoms with E-state index >= 15 is 0 Å². The van der Waals surface area contributed by atoms with Gasteiger partial charge in [-0.05, 0) is 41.0 Å². The molecule has 1 aliphatic heterocycles. The number of pyridine rings is 1. The number of nitrogens with one attached hydrogen (secondary N) is 1. The fourth-order valence-corrected chi connectivity index (χ4v) is 4.58. The van der Waals surface area contributed by atoms with E-state index in [2.05, 4.69) is 5.32 Å². The summed E-state index contributed by atoms with van der Waals surface area (Å²) in [6.07, 6.45) is 0. The van der Waals surface area contributed by atoms with E-state index in [1.165, 1.54) is 0 Å². The van der Waals surface area contributed by atoms with Gasteiger partial charge >= 0.3 is 5.97 Å². The van der Waals surface area contributed by atoms with Gasteiger partial charge in [0.15, 0.2) is 0 Å². The predicted molar refractivity (Wildman–Crippen MR) is 130 cm³/mol. The first kappa shape index (κ1) is 22.0. The van der Waals surface area contributed by atoms with Gasteiger partial charge in [0.25, 0.3) is 5.56 Å². The zero-order valence-corrected chi connectivity index (χ0v) is 18.7. The van der Waals surface area contributed by atoms with Gasteiger partial charge in [0.1, 0.15) is 18.1 Å². The van der Waals surface area contributed by atoms with Gasteiger partial charge < -0.3 is 20.3 Å². The van der Waals surface area contributed by atoms with E-state index in [9.17, 15) is 14.7 Å².